The second-order valence-electron chi connectivity index (χ2n) is 5.42. The van der Waals surface area contributed by atoms with Gasteiger partial charge < -0.3 is 10.2 Å². The zero-order valence-corrected chi connectivity index (χ0v) is 11.7. The molecule has 18 heavy (non-hydrogen) atoms. The SMILES string of the molecule is Cc1cc(C)c(C(O)(CC(=O)O)C(C)C)c(C)c1. The Labute approximate surface area is 108 Å². The molecule has 0 heterocycles. The quantitative estimate of drug-likeness (QED) is 0.863. The van der Waals surface area contributed by atoms with E-state index in [2.05, 4.69) is 0 Å². The van der Waals surface area contributed by atoms with Crippen LogP contribution >= 0.6 is 0 Å². The minimum atomic E-state index is -1.31. The highest BCUT2D eigenvalue weighted by Crippen LogP contribution is 2.37. The van der Waals surface area contributed by atoms with Gasteiger partial charge in [0.15, 0.2) is 0 Å². The number of aliphatic carboxylic acids is 1. The molecule has 0 aromatic heterocycles. The van der Waals surface area contributed by atoms with E-state index in [1.165, 1.54) is 0 Å². The zero-order chi connectivity index (χ0) is 14.1. The van der Waals surface area contributed by atoms with Crippen molar-refractivity contribution in [2.45, 2.75) is 46.6 Å². The summed E-state index contributed by atoms with van der Waals surface area (Å²) >= 11 is 0. The molecule has 0 radical (unpaired) electrons. The highest BCUT2D eigenvalue weighted by atomic mass is 16.4. The van der Waals surface area contributed by atoms with Crippen molar-refractivity contribution in [3.63, 3.8) is 0 Å². The summed E-state index contributed by atoms with van der Waals surface area (Å²) in [5, 5.41) is 19.8. The number of hydrogen-bond acceptors (Lipinski definition) is 2. The maximum Gasteiger partial charge on any atom is 0.306 e. The van der Waals surface area contributed by atoms with Crippen LogP contribution in [-0.4, -0.2) is 16.2 Å². The third-order valence-electron chi connectivity index (χ3n) is 3.49. The summed E-state index contributed by atoms with van der Waals surface area (Å²) in [6, 6.07) is 3.97. The highest BCUT2D eigenvalue weighted by Gasteiger charge is 2.38. The van der Waals surface area contributed by atoms with Crippen LogP contribution in [0.1, 0.15) is 42.5 Å². The van der Waals surface area contributed by atoms with Crippen molar-refractivity contribution in [3.8, 4) is 0 Å². The Morgan fingerprint density at radius 1 is 1.22 bits per heavy atom. The Balaban J connectivity index is 3.43. The predicted octanol–water partition coefficient (Wildman–Crippen LogP) is 2.93. The average Bonchev–Trinajstić information content (AvgIpc) is 2.13. The van der Waals surface area contributed by atoms with Crippen molar-refractivity contribution in [1.29, 1.82) is 0 Å². The van der Waals surface area contributed by atoms with Crippen molar-refractivity contribution in [3.05, 3.63) is 34.4 Å². The second kappa shape index (κ2) is 5.11. The summed E-state index contributed by atoms with van der Waals surface area (Å²) in [6.45, 7) is 9.54. The fraction of sp³-hybridized carbons (Fsp3) is 0.533. The van der Waals surface area contributed by atoms with Gasteiger partial charge in [0.25, 0.3) is 0 Å². The molecule has 0 bridgehead atoms. The van der Waals surface area contributed by atoms with E-state index in [0.29, 0.717) is 0 Å². The Morgan fingerprint density at radius 3 is 2.00 bits per heavy atom. The van der Waals surface area contributed by atoms with E-state index in [1.807, 2.05) is 46.8 Å². The number of aliphatic hydroxyl groups is 1. The first-order valence-corrected chi connectivity index (χ1v) is 6.21. The molecular weight excluding hydrogens is 228 g/mol. The molecule has 1 atom stereocenters. The van der Waals surface area contributed by atoms with Crippen LogP contribution in [0, 0.1) is 26.7 Å². The van der Waals surface area contributed by atoms with Gasteiger partial charge in [-0.05, 0) is 43.4 Å². The van der Waals surface area contributed by atoms with E-state index in [9.17, 15) is 9.90 Å². The largest absolute Gasteiger partial charge is 0.481 e. The molecule has 0 spiro atoms. The molecule has 3 heteroatoms. The van der Waals surface area contributed by atoms with Crippen LogP contribution in [0.3, 0.4) is 0 Å². The first kappa shape index (κ1) is 14.7. The Morgan fingerprint density at radius 2 is 1.67 bits per heavy atom. The molecule has 0 saturated heterocycles. The number of aryl methyl sites for hydroxylation is 3. The maximum absolute atomic E-state index is 11.0. The van der Waals surface area contributed by atoms with Gasteiger partial charge in [-0.15, -0.1) is 0 Å². The van der Waals surface area contributed by atoms with Crippen LogP contribution in [0.25, 0.3) is 0 Å². The van der Waals surface area contributed by atoms with Crippen molar-refractivity contribution >= 4 is 5.97 Å². The summed E-state index contributed by atoms with van der Waals surface area (Å²) < 4.78 is 0. The van der Waals surface area contributed by atoms with Crippen molar-refractivity contribution in [2.75, 3.05) is 0 Å². The number of benzene rings is 1. The second-order valence-corrected chi connectivity index (χ2v) is 5.42. The van der Waals surface area contributed by atoms with Gasteiger partial charge in [0.2, 0.25) is 0 Å². The van der Waals surface area contributed by atoms with E-state index in [1.54, 1.807) is 0 Å². The van der Waals surface area contributed by atoms with Crippen molar-refractivity contribution in [1.82, 2.24) is 0 Å². The first-order chi connectivity index (χ1) is 8.18. The van der Waals surface area contributed by atoms with Crippen molar-refractivity contribution in [2.24, 2.45) is 5.92 Å². The average molecular weight is 250 g/mol. The van der Waals surface area contributed by atoms with Crippen LogP contribution in [-0.2, 0) is 10.4 Å². The normalized spacial score (nSPS) is 14.6. The standard InChI is InChI=1S/C15H22O3/c1-9(2)15(18,8-13(16)17)14-11(4)6-10(3)7-12(14)5/h6-7,9,18H,8H2,1-5H3,(H,16,17). The summed E-state index contributed by atoms with van der Waals surface area (Å²) in [5.41, 5.74) is 2.46. The smallest absolute Gasteiger partial charge is 0.306 e. The lowest BCUT2D eigenvalue weighted by molar-refractivity contribution is -0.145. The molecule has 1 unspecified atom stereocenters. The minimum Gasteiger partial charge on any atom is -0.481 e. The lowest BCUT2D eigenvalue weighted by atomic mass is 9.76. The van der Waals surface area contributed by atoms with Crippen LogP contribution in [0.5, 0.6) is 0 Å². The molecule has 0 saturated carbocycles. The molecule has 0 amide bonds. The van der Waals surface area contributed by atoms with E-state index >= 15 is 0 Å². The van der Waals surface area contributed by atoms with Crippen LogP contribution < -0.4 is 0 Å². The highest BCUT2D eigenvalue weighted by molar-refractivity contribution is 5.69. The molecule has 0 aliphatic carbocycles. The van der Waals surface area contributed by atoms with Crippen LogP contribution in [0.4, 0.5) is 0 Å². The fourth-order valence-corrected chi connectivity index (χ4v) is 2.67. The number of rotatable bonds is 4. The number of carboxylic acid groups (broad SMARTS) is 1. The molecule has 1 aromatic rings. The number of carboxylic acids is 1. The molecule has 2 N–H and O–H groups in total. The monoisotopic (exact) mass is 250 g/mol. The maximum atomic E-state index is 11.0. The first-order valence-electron chi connectivity index (χ1n) is 6.21. The summed E-state index contributed by atoms with van der Waals surface area (Å²) in [6.07, 6.45) is -0.268. The number of hydrogen-bond donors (Lipinski definition) is 2. The molecule has 100 valence electrons. The molecule has 0 fully saturated rings. The van der Waals surface area contributed by atoms with Gasteiger partial charge in [-0.25, -0.2) is 0 Å². The Bertz CT molecular complexity index is 440. The molecule has 1 aromatic carbocycles. The summed E-state index contributed by atoms with van der Waals surface area (Å²) in [4.78, 5) is 11.0. The van der Waals surface area contributed by atoms with Gasteiger partial charge in [0.1, 0.15) is 5.60 Å². The predicted molar refractivity (Wildman–Crippen MR) is 71.6 cm³/mol. The third kappa shape index (κ3) is 2.72. The van der Waals surface area contributed by atoms with Gasteiger partial charge >= 0.3 is 5.97 Å². The Hall–Kier alpha value is -1.35. The number of carbonyl (C=O) groups is 1. The van der Waals surface area contributed by atoms with E-state index in [-0.39, 0.29) is 12.3 Å². The molecule has 1 rings (SSSR count). The van der Waals surface area contributed by atoms with Gasteiger partial charge in [-0.1, -0.05) is 31.5 Å². The summed E-state index contributed by atoms with van der Waals surface area (Å²) in [7, 11) is 0. The minimum absolute atomic E-state index is 0.159. The van der Waals surface area contributed by atoms with E-state index in [0.717, 1.165) is 22.3 Å². The van der Waals surface area contributed by atoms with Gasteiger partial charge in [-0.2, -0.15) is 0 Å². The molecule has 0 aliphatic rings. The lowest BCUT2D eigenvalue weighted by Gasteiger charge is -2.34. The molecule has 0 aliphatic heterocycles. The Kier molecular flexibility index (Phi) is 4.17. The lowest BCUT2D eigenvalue weighted by Crippen LogP contribution is -2.36. The van der Waals surface area contributed by atoms with Gasteiger partial charge in [-0.3, -0.25) is 4.79 Å². The molecular formula is C15H22O3. The fourth-order valence-electron chi connectivity index (χ4n) is 2.67. The van der Waals surface area contributed by atoms with E-state index < -0.39 is 11.6 Å². The van der Waals surface area contributed by atoms with Crippen LogP contribution in [0.15, 0.2) is 12.1 Å². The topological polar surface area (TPSA) is 57.5 Å². The third-order valence-corrected chi connectivity index (χ3v) is 3.49. The molecule has 3 nitrogen and oxygen atoms in total. The van der Waals surface area contributed by atoms with Gasteiger partial charge in [0, 0.05) is 0 Å². The summed E-state index contributed by atoms with van der Waals surface area (Å²) in [5.74, 6) is -1.14. The zero-order valence-electron chi connectivity index (χ0n) is 11.7. The van der Waals surface area contributed by atoms with Crippen LogP contribution in [0.2, 0.25) is 0 Å². The van der Waals surface area contributed by atoms with Crippen molar-refractivity contribution < 1.29 is 15.0 Å². The van der Waals surface area contributed by atoms with E-state index in [4.69, 9.17) is 5.11 Å². The van der Waals surface area contributed by atoms with Gasteiger partial charge in [0.05, 0.1) is 6.42 Å².